The Balaban J connectivity index is 1.98. The van der Waals surface area contributed by atoms with E-state index < -0.39 is 17.2 Å². The van der Waals surface area contributed by atoms with Gasteiger partial charge in [0.25, 0.3) is 0 Å². The maximum Gasteiger partial charge on any atom is 0.416 e. The summed E-state index contributed by atoms with van der Waals surface area (Å²) in [7, 11) is 0. The maximum absolute atomic E-state index is 12.7. The van der Waals surface area contributed by atoms with Gasteiger partial charge in [0.1, 0.15) is 0 Å². The lowest BCUT2D eigenvalue weighted by Crippen LogP contribution is -2.43. The fourth-order valence-corrected chi connectivity index (χ4v) is 2.87. The number of rotatable bonds is 4. The van der Waals surface area contributed by atoms with Crippen LogP contribution in [0.1, 0.15) is 37.8 Å². The number of alkyl halides is 3. The van der Waals surface area contributed by atoms with Gasteiger partial charge in [0, 0.05) is 25.2 Å². The molecule has 1 saturated heterocycles. The zero-order valence-electron chi connectivity index (χ0n) is 13.4. The molecule has 0 bridgehead atoms. The molecule has 0 aliphatic carbocycles. The smallest absolute Gasteiger partial charge is 0.381 e. The molecule has 0 radical (unpaired) electrons. The molecule has 3 nitrogen and oxygen atoms in total. The second kappa shape index (κ2) is 6.91. The monoisotopic (exact) mass is 329 g/mol. The summed E-state index contributed by atoms with van der Waals surface area (Å²) >= 11 is 0. The minimum Gasteiger partial charge on any atom is -0.381 e. The Morgan fingerprint density at radius 3 is 2.52 bits per heavy atom. The van der Waals surface area contributed by atoms with E-state index in [1.54, 1.807) is 6.07 Å². The van der Waals surface area contributed by atoms with Gasteiger partial charge in [-0.1, -0.05) is 26.0 Å². The molecule has 1 aliphatic heterocycles. The van der Waals surface area contributed by atoms with Crippen molar-refractivity contribution in [2.75, 3.05) is 13.2 Å². The predicted octanol–water partition coefficient (Wildman–Crippen LogP) is 3.77. The van der Waals surface area contributed by atoms with Crippen LogP contribution in [0.4, 0.5) is 13.2 Å². The standard InChI is InChI=1S/C17H22F3NO2/c1-16(2,13-6-8-23-9-7-13)15(22)21-11-12-4-3-5-14(10-12)17(18,19)20/h3-5,10,13H,6-9,11H2,1-2H3,(H,21,22). The maximum atomic E-state index is 12.7. The number of carbonyl (C=O) groups excluding carboxylic acids is 1. The van der Waals surface area contributed by atoms with Crippen LogP contribution in [0.25, 0.3) is 0 Å². The lowest BCUT2D eigenvalue weighted by Gasteiger charge is -2.35. The van der Waals surface area contributed by atoms with Crippen LogP contribution in [-0.4, -0.2) is 19.1 Å². The van der Waals surface area contributed by atoms with Gasteiger partial charge in [-0.2, -0.15) is 13.2 Å². The highest BCUT2D eigenvalue weighted by Gasteiger charge is 2.37. The Morgan fingerprint density at radius 2 is 1.91 bits per heavy atom. The van der Waals surface area contributed by atoms with Gasteiger partial charge < -0.3 is 10.1 Å². The van der Waals surface area contributed by atoms with E-state index in [1.165, 1.54) is 6.07 Å². The highest BCUT2D eigenvalue weighted by Crippen LogP contribution is 2.34. The van der Waals surface area contributed by atoms with Crippen molar-refractivity contribution < 1.29 is 22.7 Å². The second-order valence-corrected chi connectivity index (χ2v) is 6.49. The fourth-order valence-electron chi connectivity index (χ4n) is 2.87. The summed E-state index contributed by atoms with van der Waals surface area (Å²) in [5.41, 5.74) is -0.824. The van der Waals surface area contributed by atoms with Crippen LogP contribution in [0.3, 0.4) is 0 Å². The summed E-state index contributed by atoms with van der Waals surface area (Å²) in [6, 6.07) is 5.03. The third-order valence-corrected chi connectivity index (χ3v) is 4.53. The molecule has 1 fully saturated rings. The zero-order valence-corrected chi connectivity index (χ0v) is 13.4. The van der Waals surface area contributed by atoms with Crippen LogP contribution in [0.5, 0.6) is 0 Å². The third-order valence-electron chi connectivity index (χ3n) is 4.53. The molecule has 0 spiro atoms. The minimum absolute atomic E-state index is 0.0927. The molecule has 2 rings (SSSR count). The molecule has 0 atom stereocenters. The Hall–Kier alpha value is -1.56. The summed E-state index contributed by atoms with van der Waals surface area (Å²) in [5, 5.41) is 2.77. The van der Waals surface area contributed by atoms with E-state index in [4.69, 9.17) is 4.74 Å². The average molecular weight is 329 g/mol. The molecule has 1 N–H and O–H groups in total. The van der Waals surface area contributed by atoms with Gasteiger partial charge >= 0.3 is 6.18 Å². The lowest BCUT2D eigenvalue weighted by atomic mass is 9.74. The first kappa shape index (κ1) is 17.8. The molecule has 0 saturated carbocycles. The molecular formula is C17H22F3NO2. The Labute approximate surface area is 134 Å². The summed E-state index contributed by atoms with van der Waals surface area (Å²) in [4.78, 5) is 12.4. The van der Waals surface area contributed by atoms with Gasteiger partial charge in [0.15, 0.2) is 0 Å². The number of hydrogen-bond acceptors (Lipinski definition) is 2. The van der Waals surface area contributed by atoms with E-state index in [-0.39, 0.29) is 18.4 Å². The quantitative estimate of drug-likeness (QED) is 0.913. The Bertz CT molecular complexity index is 549. The van der Waals surface area contributed by atoms with Crippen molar-refractivity contribution in [2.24, 2.45) is 11.3 Å². The van der Waals surface area contributed by atoms with Gasteiger partial charge in [0.05, 0.1) is 5.56 Å². The second-order valence-electron chi connectivity index (χ2n) is 6.49. The molecule has 6 heteroatoms. The van der Waals surface area contributed by atoms with Crippen LogP contribution >= 0.6 is 0 Å². The Morgan fingerprint density at radius 1 is 1.26 bits per heavy atom. The molecule has 1 amide bonds. The van der Waals surface area contributed by atoms with Gasteiger partial charge in [-0.3, -0.25) is 4.79 Å². The van der Waals surface area contributed by atoms with Crippen molar-refractivity contribution in [3.05, 3.63) is 35.4 Å². The molecule has 1 aromatic carbocycles. The zero-order chi connectivity index (χ0) is 17.1. The first-order chi connectivity index (χ1) is 10.7. The molecule has 23 heavy (non-hydrogen) atoms. The van der Waals surface area contributed by atoms with E-state index in [2.05, 4.69) is 5.32 Å². The molecule has 0 unspecified atom stereocenters. The van der Waals surface area contributed by atoms with Crippen molar-refractivity contribution in [3.8, 4) is 0 Å². The van der Waals surface area contributed by atoms with Gasteiger partial charge in [-0.05, 0) is 36.5 Å². The van der Waals surface area contributed by atoms with E-state index in [0.717, 1.165) is 25.0 Å². The van der Waals surface area contributed by atoms with Gasteiger partial charge in [-0.15, -0.1) is 0 Å². The Kier molecular flexibility index (Phi) is 5.34. The molecule has 1 heterocycles. The van der Waals surface area contributed by atoms with Crippen molar-refractivity contribution in [1.29, 1.82) is 0 Å². The number of carbonyl (C=O) groups is 1. The van der Waals surface area contributed by atoms with Crippen molar-refractivity contribution >= 4 is 5.91 Å². The lowest BCUT2D eigenvalue weighted by molar-refractivity contribution is -0.137. The van der Waals surface area contributed by atoms with Crippen LogP contribution in [-0.2, 0) is 22.3 Å². The van der Waals surface area contributed by atoms with E-state index in [1.807, 2.05) is 13.8 Å². The topological polar surface area (TPSA) is 38.3 Å². The van der Waals surface area contributed by atoms with Crippen LogP contribution in [0.15, 0.2) is 24.3 Å². The number of amides is 1. The summed E-state index contributed by atoms with van der Waals surface area (Å²) in [6.07, 6.45) is -2.73. The van der Waals surface area contributed by atoms with E-state index >= 15 is 0 Å². The summed E-state index contributed by atoms with van der Waals surface area (Å²) < 4.78 is 43.4. The average Bonchev–Trinajstić information content (AvgIpc) is 2.53. The highest BCUT2D eigenvalue weighted by molar-refractivity contribution is 5.82. The van der Waals surface area contributed by atoms with Crippen LogP contribution in [0, 0.1) is 11.3 Å². The molecule has 128 valence electrons. The van der Waals surface area contributed by atoms with Crippen LogP contribution in [0.2, 0.25) is 0 Å². The SMILES string of the molecule is CC(C)(C(=O)NCc1cccc(C(F)(F)F)c1)C1CCOCC1. The van der Waals surface area contributed by atoms with E-state index in [0.29, 0.717) is 18.8 Å². The normalized spacial score (nSPS) is 17.1. The summed E-state index contributed by atoms with van der Waals surface area (Å²) in [5.74, 6) is 0.0829. The number of benzene rings is 1. The van der Waals surface area contributed by atoms with Crippen molar-refractivity contribution in [3.63, 3.8) is 0 Å². The minimum atomic E-state index is -4.37. The van der Waals surface area contributed by atoms with Gasteiger partial charge in [-0.25, -0.2) is 0 Å². The first-order valence-electron chi connectivity index (χ1n) is 7.73. The number of nitrogens with one attached hydrogen (secondary N) is 1. The van der Waals surface area contributed by atoms with Crippen molar-refractivity contribution in [1.82, 2.24) is 5.32 Å². The number of ether oxygens (including phenoxy) is 1. The largest absolute Gasteiger partial charge is 0.416 e. The summed E-state index contributed by atoms with van der Waals surface area (Å²) in [6.45, 7) is 5.15. The molecule has 1 aliphatic rings. The van der Waals surface area contributed by atoms with Crippen LogP contribution < -0.4 is 5.32 Å². The predicted molar refractivity (Wildman–Crippen MR) is 80.6 cm³/mol. The number of halogens is 3. The fraction of sp³-hybridized carbons (Fsp3) is 0.588. The van der Waals surface area contributed by atoms with E-state index in [9.17, 15) is 18.0 Å². The molecule has 1 aromatic rings. The molecular weight excluding hydrogens is 307 g/mol. The van der Waals surface area contributed by atoms with Crippen molar-refractivity contribution in [2.45, 2.75) is 39.4 Å². The number of hydrogen-bond donors (Lipinski definition) is 1. The first-order valence-corrected chi connectivity index (χ1v) is 7.73. The van der Waals surface area contributed by atoms with Gasteiger partial charge in [0.2, 0.25) is 5.91 Å². The highest BCUT2D eigenvalue weighted by atomic mass is 19.4. The third kappa shape index (κ3) is 4.47. The molecule has 0 aromatic heterocycles.